The van der Waals surface area contributed by atoms with Crippen LogP contribution in [0.15, 0.2) is 21.9 Å². The van der Waals surface area contributed by atoms with E-state index in [0.717, 1.165) is 12.3 Å². The highest BCUT2D eigenvalue weighted by molar-refractivity contribution is 7.66. The molecule has 2 rings (SSSR count). The van der Waals surface area contributed by atoms with E-state index in [1.807, 2.05) is 0 Å². The molecule has 1 fully saturated rings. The van der Waals surface area contributed by atoms with Crippen LogP contribution in [0.25, 0.3) is 0 Å². The molecule has 0 bridgehead atoms. The number of aliphatic hydroxyl groups is 2. The van der Waals surface area contributed by atoms with Crippen LogP contribution in [0.4, 0.5) is 4.39 Å². The Morgan fingerprint density at radius 1 is 1.07 bits per heavy atom. The normalized spacial score (nSPS) is 29.8. The van der Waals surface area contributed by atoms with Crippen LogP contribution in [0.3, 0.4) is 0 Å². The van der Waals surface area contributed by atoms with Gasteiger partial charge in [-0.3, -0.25) is 14.3 Å². The molecule has 2 heterocycles. The van der Waals surface area contributed by atoms with Crippen molar-refractivity contribution in [2.75, 3.05) is 0 Å². The van der Waals surface area contributed by atoms with Gasteiger partial charge in [-0.25, -0.2) is 27.4 Å². The molecule has 7 atom stereocenters. The van der Waals surface area contributed by atoms with Crippen molar-refractivity contribution in [3.05, 3.63) is 33.1 Å². The number of aromatic amines is 1. The van der Waals surface area contributed by atoms with E-state index in [4.69, 9.17) is 19.4 Å². The van der Waals surface area contributed by atoms with E-state index < -0.39 is 65.6 Å². The lowest BCUT2D eigenvalue weighted by atomic mass is 10.1. The van der Waals surface area contributed by atoms with Gasteiger partial charge in [0, 0.05) is 12.3 Å². The largest absolute Gasteiger partial charge is 0.490 e. The standard InChI is InChI=1S/C9H14FN2O15P3/c10-7(25-29(20,21)27-30(22,23)26-28(17,18)19)6-4(14)5(15)8(24-6)12-2-1-3(13)11-9(12)16/h1-2,4-8,14-15H,(H,20,21)(H,22,23)(H,11,13,16)(H2,17,18,19)/t4-,5+,6-,7+,8+/m0/s1. The number of hydrogen-bond donors (Lipinski definition) is 7. The monoisotopic (exact) mass is 502 g/mol. The predicted octanol–water partition coefficient (Wildman–Crippen LogP) is -2.21. The number of H-pyrrole nitrogens is 1. The maximum absolute atomic E-state index is 14.3. The Morgan fingerprint density at radius 3 is 2.20 bits per heavy atom. The predicted molar refractivity (Wildman–Crippen MR) is 87.1 cm³/mol. The van der Waals surface area contributed by atoms with E-state index in [1.165, 1.54) is 0 Å². The van der Waals surface area contributed by atoms with Crippen LogP contribution >= 0.6 is 23.5 Å². The Labute approximate surface area is 163 Å². The van der Waals surface area contributed by atoms with Crippen molar-refractivity contribution in [3.63, 3.8) is 0 Å². The number of nitrogens with zero attached hydrogens (tertiary/aromatic N) is 1. The molecule has 0 aromatic carbocycles. The Morgan fingerprint density at radius 2 is 1.67 bits per heavy atom. The van der Waals surface area contributed by atoms with Gasteiger partial charge in [0.15, 0.2) is 6.23 Å². The van der Waals surface area contributed by atoms with Crippen molar-refractivity contribution < 1.29 is 65.8 Å². The number of hydrogen-bond acceptors (Lipinski definition) is 11. The lowest BCUT2D eigenvalue weighted by Gasteiger charge is -2.22. The van der Waals surface area contributed by atoms with Gasteiger partial charge < -0.3 is 34.5 Å². The highest BCUT2D eigenvalue weighted by Crippen LogP contribution is 2.66. The number of ether oxygens (including phenoxy) is 1. The highest BCUT2D eigenvalue weighted by atomic mass is 31.3. The van der Waals surface area contributed by atoms with E-state index in [0.29, 0.717) is 4.57 Å². The molecule has 1 aromatic heterocycles. The van der Waals surface area contributed by atoms with Gasteiger partial charge in [0.1, 0.15) is 18.3 Å². The van der Waals surface area contributed by atoms with Crippen LogP contribution in [0, 0.1) is 0 Å². The van der Waals surface area contributed by atoms with Crippen molar-refractivity contribution in [1.82, 2.24) is 9.55 Å². The van der Waals surface area contributed by atoms with Crippen LogP contribution in [-0.4, -0.2) is 64.0 Å². The maximum Gasteiger partial charge on any atom is 0.490 e. The molecule has 0 amide bonds. The number of phosphoric ester groups is 1. The average Bonchev–Trinajstić information content (AvgIpc) is 2.79. The number of nitrogens with one attached hydrogen (secondary N) is 1. The highest BCUT2D eigenvalue weighted by Gasteiger charge is 2.51. The van der Waals surface area contributed by atoms with Gasteiger partial charge in [0.25, 0.3) is 5.56 Å². The topological polar surface area (TPSA) is 264 Å². The fraction of sp³-hybridized carbons (Fsp3) is 0.556. The Hall–Kier alpha value is -1.10. The molecule has 30 heavy (non-hydrogen) atoms. The molecule has 1 saturated heterocycles. The third kappa shape index (κ3) is 6.45. The summed E-state index contributed by atoms with van der Waals surface area (Å²) in [6.07, 6.45) is -10.6. The summed E-state index contributed by atoms with van der Waals surface area (Å²) in [5.74, 6) is 0. The molecular weight excluding hydrogens is 488 g/mol. The third-order valence-corrected chi connectivity index (χ3v) is 7.10. The number of rotatable bonds is 8. The van der Waals surface area contributed by atoms with Crippen molar-refractivity contribution in [3.8, 4) is 0 Å². The molecule has 0 saturated carbocycles. The second-order valence-electron chi connectivity index (χ2n) is 5.54. The molecule has 2 unspecified atom stereocenters. The molecule has 1 aromatic rings. The minimum absolute atomic E-state index is 0.548. The van der Waals surface area contributed by atoms with Gasteiger partial charge in [-0.1, -0.05) is 0 Å². The third-order valence-electron chi connectivity index (χ3n) is 3.31. The van der Waals surface area contributed by atoms with Crippen LogP contribution in [0.5, 0.6) is 0 Å². The molecule has 0 radical (unpaired) electrons. The zero-order valence-electron chi connectivity index (χ0n) is 14.1. The van der Waals surface area contributed by atoms with Gasteiger partial charge in [0.2, 0.25) is 6.36 Å². The SMILES string of the molecule is O=c1ccn([C@@H]2O[C@H]([C@H](F)OP(=O)(O)OP(=O)(O)OP(=O)(O)O)[C@@H](O)[C@H]2O)c(=O)[nH]1. The van der Waals surface area contributed by atoms with Crippen LogP contribution in [-0.2, 0) is 31.6 Å². The molecule has 1 aliphatic rings. The Balaban J connectivity index is 2.14. The van der Waals surface area contributed by atoms with Gasteiger partial charge in [-0.2, -0.15) is 8.62 Å². The number of aromatic nitrogens is 2. The van der Waals surface area contributed by atoms with E-state index in [9.17, 15) is 42.8 Å². The van der Waals surface area contributed by atoms with Crippen molar-refractivity contribution in [1.29, 1.82) is 0 Å². The van der Waals surface area contributed by atoms with Gasteiger partial charge in [-0.15, -0.1) is 0 Å². The average molecular weight is 502 g/mol. The fourth-order valence-corrected chi connectivity index (χ4v) is 5.28. The number of halogens is 1. The van der Waals surface area contributed by atoms with E-state index in [-0.39, 0.29) is 0 Å². The van der Waals surface area contributed by atoms with Crippen LogP contribution < -0.4 is 11.2 Å². The number of alkyl halides is 1. The van der Waals surface area contributed by atoms with Crippen molar-refractivity contribution in [2.24, 2.45) is 0 Å². The molecule has 0 spiro atoms. The second-order valence-corrected chi connectivity index (χ2v) is 9.91. The zero-order valence-corrected chi connectivity index (χ0v) is 16.7. The molecule has 1 aliphatic heterocycles. The summed E-state index contributed by atoms with van der Waals surface area (Å²) in [6.45, 7) is 0. The first-order chi connectivity index (χ1) is 13.5. The minimum atomic E-state index is -5.92. The quantitative estimate of drug-likeness (QED) is 0.186. The molecule has 0 aliphatic carbocycles. The Bertz CT molecular complexity index is 1030. The van der Waals surface area contributed by atoms with Crippen LogP contribution in [0.1, 0.15) is 6.23 Å². The number of aliphatic hydroxyl groups excluding tert-OH is 2. The summed E-state index contributed by atoms with van der Waals surface area (Å²) < 4.78 is 63.6. The Kier molecular flexibility index (Phi) is 7.38. The first-order valence-corrected chi connectivity index (χ1v) is 11.8. The lowest BCUT2D eigenvalue weighted by Crippen LogP contribution is -2.38. The molecular formula is C9H14FN2O15P3. The van der Waals surface area contributed by atoms with E-state index in [1.54, 1.807) is 4.98 Å². The number of phosphoric acid groups is 3. The van der Waals surface area contributed by atoms with Gasteiger partial charge >= 0.3 is 29.2 Å². The first-order valence-electron chi connectivity index (χ1n) is 7.31. The summed E-state index contributed by atoms with van der Waals surface area (Å²) in [6, 6.07) is 0.830. The van der Waals surface area contributed by atoms with Crippen LogP contribution in [0.2, 0.25) is 0 Å². The smallest absolute Gasteiger partial charge is 0.387 e. The fourth-order valence-electron chi connectivity index (χ4n) is 2.25. The van der Waals surface area contributed by atoms with Gasteiger partial charge in [0.05, 0.1) is 0 Å². The van der Waals surface area contributed by atoms with Crippen molar-refractivity contribution >= 4 is 23.5 Å². The molecule has 21 heteroatoms. The van der Waals surface area contributed by atoms with Gasteiger partial charge in [-0.05, 0) is 0 Å². The summed E-state index contributed by atoms with van der Waals surface area (Å²) in [7, 11) is -17.5. The molecule has 7 N–H and O–H groups in total. The zero-order chi connectivity index (χ0) is 23.1. The first kappa shape index (κ1) is 25.2. The van der Waals surface area contributed by atoms with Crippen molar-refractivity contribution in [2.45, 2.75) is 30.9 Å². The van der Waals surface area contributed by atoms with E-state index in [2.05, 4.69) is 13.1 Å². The lowest BCUT2D eigenvalue weighted by molar-refractivity contribution is -0.126. The summed E-state index contributed by atoms with van der Waals surface area (Å²) in [5, 5.41) is 19.8. The summed E-state index contributed by atoms with van der Waals surface area (Å²) >= 11 is 0. The maximum atomic E-state index is 14.3. The summed E-state index contributed by atoms with van der Waals surface area (Å²) in [4.78, 5) is 59.7. The summed E-state index contributed by atoms with van der Waals surface area (Å²) in [5.41, 5.74) is -1.94. The molecule has 172 valence electrons. The second kappa shape index (κ2) is 8.80. The van der Waals surface area contributed by atoms with E-state index >= 15 is 0 Å². The molecule has 17 nitrogen and oxygen atoms in total. The minimum Gasteiger partial charge on any atom is -0.387 e.